The first-order valence-electron chi connectivity index (χ1n) is 7.19. The lowest BCUT2D eigenvalue weighted by Gasteiger charge is -2.29. The summed E-state index contributed by atoms with van der Waals surface area (Å²) in [4.78, 5) is 24.0. The minimum Gasteiger partial charge on any atom is -0.392 e. The first-order chi connectivity index (χ1) is 9.02. The number of rotatable bonds is 7. The van der Waals surface area contributed by atoms with E-state index in [1.54, 1.807) is 6.92 Å². The van der Waals surface area contributed by atoms with Gasteiger partial charge in [-0.1, -0.05) is 19.3 Å². The van der Waals surface area contributed by atoms with Gasteiger partial charge in [-0.3, -0.25) is 9.59 Å². The van der Waals surface area contributed by atoms with Gasteiger partial charge in [0.25, 0.3) is 0 Å². The zero-order valence-electron chi connectivity index (χ0n) is 12.0. The van der Waals surface area contributed by atoms with E-state index < -0.39 is 6.10 Å². The van der Waals surface area contributed by atoms with Crippen LogP contribution in [0.3, 0.4) is 0 Å². The average molecular weight is 270 g/mol. The Morgan fingerprint density at radius 3 is 2.53 bits per heavy atom. The van der Waals surface area contributed by atoms with E-state index in [9.17, 15) is 14.7 Å². The Kier molecular flexibility index (Phi) is 6.84. The number of carbonyl (C=O) groups is 2. The number of hydrogen-bond donors (Lipinski definition) is 2. The fourth-order valence-electron chi connectivity index (χ4n) is 2.72. The third-order valence-electron chi connectivity index (χ3n) is 3.74. The van der Waals surface area contributed by atoms with Crippen molar-refractivity contribution in [3.8, 4) is 0 Å². The van der Waals surface area contributed by atoms with Crippen LogP contribution in [0.1, 0.15) is 46.0 Å². The highest BCUT2D eigenvalue weighted by atomic mass is 16.3. The summed E-state index contributed by atoms with van der Waals surface area (Å²) < 4.78 is 0. The maximum Gasteiger partial charge on any atom is 0.239 e. The molecule has 5 heteroatoms. The highest BCUT2D eigenvalue weighted by Crippen LogP contribution is 2.26. The molecule has 1 saturated carbocycles. The Balaban J connectivity index is 2.34. The van der Waals surface area contributed by atoms with Crippen LogP contribution in [0.2, 0.25) is 0 Å². The average Bonchev–Trinajstić information content (AvgIpc) is 2.38. The van der Waals surface area contributed by atoms with Gasteiger partial charge in [-0.05, 0) is 32.6 Å². The van der Waals surface area contributed by atoms with Crippen molar-refractivity contribution in [2.45, 2.75) is 58.1 Å². The van der Waals surface area contributed by atoms with Crippen LogP contribution in [0.25, 0.3) is 0 Å². The van der Waals surface area contributed by atoms with Gasteiger partial charge in [0.2, 0.25) is 12.3 Å². The number of aliphatic hydroxyl groups is 1. The van der Waals surface area contributed by atoms with Crippen LogP contribution in [0.5, 0.6) is 0 Å². The van der Waals surface area contributed by atoms with Crippen molar-refractivity contribution in [2.24, 2.45) is 5.92 Å². The molecule has 0 aromatic heterocycles. The van der Waals surface area contributed by atoms with E-state index in [4.69, 9.17) is 0 Å². The summed E-state index contributed by atoms with van der Waals surface area (Å²) in [6.07, 6.45) is 6.12. The Hall–Kier alpha value is -1.10. The van der Waals surface area contributed by atoms with Crippen LogP contribution >= 0.6 is 0 Å². The lowest BCUT2D eigenvalue weighted by atomic mass is 9.84. The molecule has 0 spiro atoms. The van der Waals surface area contributed by atoms with Gasteiger partial charge in [0.05, 0.1) is 12.6 Å². The number of hydrogen-bond acceptors (Lipinski definition) is 3. The maximum atomic E-state index is 11.9. The largest absolute Gasteiger partial charge is 0.392 e. The molecule has 19 heavy (non-hydrogen) atoms. The molecule has 2 atom stereocenters. The standard InChI is InChI=1S/C14H26N2O3/c1-11(18)8-16(10-17)9-14(19)15-12(2)13-6-4-3-5-7-13/h10-13,18H,3-9H2,1-2H3,(H,15,19). The van der Waals surface area contributed by atoms with Gasteiger partial charge in [-0.15, -0.1) is 0 Å². The molecule has 0 saturated heterocycles. The minimum absolute atomic E-state index is 0.0193. The molecule has 1 aliphatic rings. The number of nitrogens with one attached hydrogen (secondary N) is 1. The molecule has 1 rings (SSSR count). The second-order valence-electron chi connectivity index (χ2n) is 5.64. The third-order valence-corrected chi connectivity index (χ3v) is 3.74. The molecule has 110 valence electrons. The number of carbonyl (C=O) groups excluding carboxylic acids is 2. The Morgan fingerprint density at radius 2 is 2.00 bits per heavy atom. The molecule has 2 unspecified atom stereocenters. The third kappa shape index (κ3) is 6.05. The van der Waals surface area contributed by atoms with Gasteiger partial charge in [0.1, 0.15) is 0 Å². The molecular weight excluding hydrogens is 244 g/mol. The van der Waals surface area contributed by atoms with E-state index in [1.165, 1.54) is 37.0 Å². The van der Waals surface area contributed by atoms with E-state index in [-0.39, 0.29) is 25.0 Å². The van der Waals surface area contributed by atoms with Gasteiger partial charge >= 0.3 is 0 Å². The summed E-state index contributed by atoms with van der Waals surface area (Å²) in [5.74, 6) is 0.407. The van der Waals surface area contributed by atoms with Crippen LogP contribution in [-0.2, 0) is 9.59 Å². The fourth-order valence-corrected chi connectivity index (χ4v) is 2.72. The molecule has 0 aliphatic heterocycles. The van der Waals surface area contributed by atoms with E-state index >= 15 is 0 Å². The Labute approximate surface area is 115 Å². The number of amides is 2. The number of nitrogens with zero attached hydrogens (tertiary/aromatic N) is 1. The highest BCUT2D eigenvalue weighted by molar-refractivity contribution is 5.80. The van der Waals surface area contributed by atoms with Gasteiger partial charge in [-0.2, -0.15) is 0 Å². The smallest absolute Gasteiger partial charge is 0.239 e. The van der Waals surface area contributed by atoms with Crippen molar-refractivity contribution in [3.05, 3.63) is 0 Å². The van der Waals surface area contributed by atoms with E-state index in [0.29, 0.717) is 12.3 Å². The molecule has 0 bridgehead atoms. The molecular formula is C14H26N2O3. The number of aliphatic hydroxyl groups excluding tert-OH is 1. The topological polar surface area (TPSA) is 69.6 Å². The SMILES string of the molecule is CC(O)CN(C=O)CC(=O)NC(C)C1CCCCC1. The highest BCUT2D eigenvalue weighted by Gasteiger charge is 2.22. The summed E-state index contributed by atoms with van der Waals surface area (Å²) >= 11 is 0. The normalized spacial score (nSPS) is 19.5. The van der Waals surface area contributed by atoms with Crippen molar-refractivity contribution in [1.29, 1.82) is 0 Å². The quantitative estimate of drug-likeness (QED) is 0.676. The summed E-state index contributed by atoms with van der Waals surface area (Å²) in [7, 11) is 0. The minimum atomic E-state index is -0.617. The molecule has 0 heterocycles. The molecule has 2 amide bonds. The predicted molar refractivity (Wildman–Crippen MR) is 73.5 cm³/mol. The molecule has 5 nitrogen and oxygen atoms in total. The molecule has 2 N–H and O–H groups in total. The van der Waals surface area contributed by atoms with E-state index in [2.05, 4.69) is 5.32 Å². The predicted octanol–water partition coefficient (Wildman–Crippen LogP) is 0.911. The van der Waals surface area contributed by atoms with Crippen LogP contribution in [-0.4, -0.2) is 47.6 Å². The summed E-state index contributed by atoms with van der Waals surface area (Å²) in [6, 6.07) is 0.160. The Bertz CT molecular complexity index is 288. The molecule has 1 aliphatic carbocycles. The molecule has 0 aromatic rings. The molecule has 0 radical (unpaired) electrons. The summed E-state index contributed by atoms with van der Waals surface area (Å²) in [5.41, 5.74) is 0. The monoisotopic (exact) mass is 270 g/mol. The van der Waals surface area contributed by atoms with Gasteiger partial charge < -0.3 is 15.3 Å². The molecule has 0 aromatic carbocycles. The van der Waals surface area contributed by atoms with Crippen LogP contribution in [0.4, 0.5) is 0 Å². The van der Waals surface area contributed by atoms with E-state index in [1.807, 2.05) is 6.92 Å². The van der Waals surface area contributed by atoms with Crippen LogP contribution in [0.15, 0.2) is 0 Å². The summed E-state index contributed by atoms with van der Waals surface area (Å²) in [6.45, 7) is 3.84. The maximum absolute atomic E-state index is 11.9. The van der Waals surface area contributed by atoms with Crippen LogP contribution in [0, 0.1) is 5.92 Å². The lowest BCUT2D eigenvalue weighted by Crippen LogP contribution is -2.45. The first-order valence-corrected chi connectivity index (χ1v) is 7.19. The first kappa shape index (κ1) is 16.0. The van der Waals surface area contributed by atoms with Gasteiger partial charge in [0, 0.05) is 12.6 Å². The zero-order chi connectivity index (χ0) is 14.3. The van der Waals surface area contributed by atoms with Crippen molar-refractivity contribution < 1.29 is 14.7 Å². The van der Waals surface area contributed by atoms with Crippen molar-refractivity contribution in [3.63, 3.8) is 0 Å². The zero-order valence-corrected chi connectivity index (χ0v) is 12.0. The summed E-state index contributed by atoms with van der Waals surface area (Å²) in [5, 5.41) is 12.2. The van der Waals surface area contributed by atoms with Crippen molar-refractivity contribution in [2.75, 3.05) is 13.1 Å². The Morgan fingerprint density at radius 1 is 1.37 bits per heavy atom. The second-order valence-corrected chi connectivity index (χ2v) is 5.64. The van der Waals surface area contributed by atoms with Gasteiger partial charge in [-0.25, -0.2) is 0 Å². The fraction of sp³-hybridized carbons (Fsp3) is 0.857. The van der Waals surface area contributed by atoms with Crippen molar-refractivity contribution in [1.82, 2.24) is 10.2 Å². The van der Waals surface area contributed by atoms with Gasteiger partial charge in [0.15, 0.2) is 0 Å². The van der Waals surface area contributed by atoms with Crippen LogP contribution < -0.4 is 5.32 Å². The van der Waals surface area contributed by atoms with Crippen molar-refractivity contribution >= 4 is 12.3 Å². The second kappa shape index (κ2) is 8.15. The lowest BCUT2D eigenvalue weighted by molar-refractivity contribution is -0.129. The molecule has 1 fully saturated rings. The van der Waals surface area contributed by atoms with E-state index in [0.717, 1.165) is 0 Å².